The lowest BCUT2D eigenvalue weighted by molar-refractivity contribution is -0.131. The number of hydrogen-bond donors (Lipinski definition) is 1. The van der Waals surface area contributed by atoms with Gasteiger partial charge in [0.05, 0.1) is 10.0 Å². The minimum absolute atomic E-state index is 0.0637. The molecule has 0 radical (unpaired) electrons. The summed E-state index contributed by atoms with van der Waals surface area (Å²) in [6, 6.07) is 2.67. The zero-order valence-corrected chi connectivity index (χ0v) is 12.4. The zero-order chi connectivity index (χ0) is 14.8. The summed E-state index contributed by atoms with van der Waals surface area (Å²) < 4.78 is 25.0. The number of carboxylic acid groups (broad SMARTS) is 1. The average Bonchev–Trinajstić information content (AvgIpc) is 2.24. The number of benzene rings is 1. The minimum atomic E-state index is -3.76. The Hall–Kier alpha value is -1.08. The first kappa shape index (κ1) is 16.0. The molecule has 0 heterocycles. The van der Waals surface area contributed by atoms with E-state index in [0.29, 0.717) is 5.56 Å². The first-order valence-corrected chi connectivity index (χ1v) is 7.18. The maximum absolute atomic E-state index is 12.0. The number of sulfonamides is 1. The molecule has 0 bridgehead atoms. The standard InChI is InChI=1S/C11H11Cl2NO4S/c1-14(2)19(17,18)11-8(12)5-7(6-9(11)13)3-4-10(15)16/h3-6H,1-2H3,(H,15,16). The normalized spacial score (nSPS) is 12.3. The van der Waals surface area contributed by atoms with Gasteiger partial charge >= 0.3 is 5.97 Å². The fourth-order valence-corrected chi connectivity index (χ4v) is 3.34. The molecule has 0 aliphatic rings. The summed E-state index contributed by atoms with van der Waals surface area (Å²) >= 11 is 11.8. The molecule has 0 aromatic heterocycles. The topological polar surface area (TPSA) is 74.7 Å². The molecular weight excluding hydrogens is 313 g/mol. The zero-order valence-electron chi connectivity index (χ0n) is 10.1. The Balaban J connectivity index is 3.38. The molecule has 0 unspecified atom stereocenters. The fraction of sp³-hybridized carbons (Fsp3) is 0.182. The van der Waals surface area contributed by atoms with Crippen LogP contribution in [0.2, 0.25) is 10.0 Å². The number of rotatable bonds is 4. The van der Waals surface area contributed by atoms with E-state index < -0.39 is 16.0 Å². The van der Waals surface area contributed by atoms with E-state index in [9.17, 15) is 13.2 Å². The van der Waals surface area contributed by atoms with Gasteiger partial charge in [-0.15, -0.1) is 0 Å². The van der Waals surface area contributed by atoms with Gasteiger partial charge in [-0.2, -0.15) is 0 Å². The van der Waals surface area contributed by atoms with E-state index in [-0.39, 0.29) is 14.9 Å². The van der Waals surface area contributed by atoms with Gasteiger partial charge in [0.1, 0.15) is 4.90 Å². The van der Waals surface area contributed by atoms with Gasteiger partial charge < -0.3 is 5.11 Å². The van der Waals surface area contributed by atoms with Gasteiger partial charge in [-0.1, -0.05) is 23.2 Å². The molecule has 0 aliphatic carbocycles. The van der Waals surface area contributed by atoms with Crippen molar-refractivity contribution in [2.24, 2.45) is 0 Å². The highest BCUT2D eigenvalue weighted by Crippen LogP contribution is 2.32. The van der Waals surface area contributed by atoms with Gasteiger partial charge in [-0.3, -0.25) is 0 Å². The molecule has 19 heavy (non-hydrogen) atoms. The molecule has 1 aromatic rings. The highest BCUT2D eigenvalue weighted by atomic mass is 35.5. The first-order chi connectivity index (χ1) is 8.66. The molecule has 0 atom stereocenters. The van der Waals surface area contributed by atoms with Crippen molar-refractivity contribution in [2.75, 3.05) is 14.1 Å². The Kier molecular flexibility index (Phi) is 4.98. The van der Waals surface area contributed by atoms with Crippen molar-refractivity contribution in [3.8, 4) is 0 Å². The summed E-state index contributed by atoms with van der Waals surface area (Å²) in [4.78, 5) is 10.2. The van der Waals surface area contributed by atoms with E-state index in [1.165, 1.54) is 32.3 Å². The van der Waals surface area contributed by atoms with Gasteiger partial charge in [0, 0.05) is 20.2 Å². The van der Waals surface area contributed by atoms with E-state index in [1.807, 2.05) is 0 Å². The van der Waals surface area contributed by atoms with Crippen molar-refractivity contribution in [1.82, 2.24) is 4.31 Å². The number of hydrogen-bond acceptors (Lipinski definition) is 3. The Morgan fingerprint density at radius 1 is 1.26 bits per heavy atom. The smallest absolute Gasteiger partial charge is 0.328 e. The van der Waals surface area contributed by atoms with Gasteiger partial charge in [-0.05, 0) is 23.8 Å². The van der Waals surface area contributed by atoms with Crippen LogP contribution in [0, 0.1) is 0 Å². The molecule has 5 nitrogen and oxygen atoms in total. The summed E-state index contributed by atoms with van der Waals surface area (Å²) in [5.74, 6) is -1.13. The first-order valence-electron chi connectivity index (χ1n) is 4.99. The van der Waals surface area contributed by atoms with Crippen LogP contribution >= 0.6 is 23.2 Å². The number of aliphatic carboxylic acids is 1. The van der Waals surface area contributed by atoms with Gasteiger partial charge in [0.2, 0.25) is 10.0 Å². The van der Waals surface area contributed by atoms with Crippen LogP contribution in [0.5, 0.6) is 0 Å². The van der Waals surface area contributed by atoms with E-state index in [1.54, 1.807) is 0 Å². The Morgan fingerprint density at radius 3 is 2.11 bits per heavy atom. The fourth-order valence-electron chi connectivity index (χ4n) is 1.27. The van der Waals surface area contributed by atoms with Crippen molar-refractivity contribution in [3.63, 3.8) is 0 Å². The summed E-state index contributed by atoms with van der Waals surface area (Å²) in [7, 11) is -1.03. The Morgan fingerprint density at radius 2 is 1.74 bits per heavy atom. The molecule has 0 amide bonds. The molecule has 0 aliphatic heterocycles. The molecule has 0 saturated heterocycles. The third-order valence-electron chi connectivity index (χ3n) is 2.18. The molecule has 1 aromatic carbocycles. The molecule has 1 rings (SSSR count). The minimum Gasteiger partial charge on any atom is -0.478 e. The van der Waals surface area contributed by atoms with Crippen LogP contribution in [0.4, 0.5) is 0 Å². The van der Waals surface area contributed by atoms with Crippen LogP contribution in [0.15, 0.2) is 23.1 Å². The second-order valence-corrected chi connectivity index (χ2v) is 6.68. The second kappa shape index (κ2) is 5.92. The Bertz CT molecular complexity index is 615. The second-order valence-electron chi connectivity index (χ2n) is 3.77. The predicted octanol–water partition coefficient (Wildman–Crippen LogP) is 2.34. The van der Waals surface area contributed by atoms with E-state index >= 15 is 0 Å². The highest BCUT2D eigenvalue weighted by molar-refractivity contribution is 7.89. The van der Waals surface area contributed by atoms with Crippen LogP contribution in [0.3, 0.4) is 0 Å². The third kappa shape index (κ3) is 3.70. The van der Waals surface area contributed by atoms with E-state index in [0.717, 1.165) is 10.4 Å². The van der Waals surface area contributed by atoms with Crippen molar-refractivity contribution in [3.05, 3.63) is 33.8 Å². The lowest BCUT2D eigenvalue weighted by Gasteiger charge is -2.14. The average molecular weight is 324 g/mol. The summed E-state index contributed by atoms with van der Waals surface area (Å²) in [6.07, 6.45) is 2.17. The summed E-state index contributed by atoms with van der Waals surface area (Å²) in [6.45, 7) is 0. The number of nitrogens with zero attached hydrogens (tertiary/aromatic N) is 1. The number of carboxylic acids is 1. The highest BCUT2D eigenvalue weighted by Gasteiger charge is 2.24. The summed E-state index contributed by atoms with van der Waals surface area (Å²) in [5.41, 5.74) is 0.398. The predicted molar refractivity (Wildman–Crippen MR) is 74.0 cm³/mol. The summed E-state index contributed by atoms with van der Waals surface area (Å²) in [5, 5.41) is 8.39. The number of halogens is 2. The molecular formula is C11H11Cl2NO4S. The third-order valence-corrected chi connectivity index (χ3v) is 4.92. The molecule has 1 N–H and O–H groups in total. The largest absolute Gasteiger partial charge is 0.478 e. The van der Waals surface area contributed by atoms with E-state index in [2.05, 4.69) is 0 Å². The molecule has 8 heteroatoms. The number of carbonyl (C=O) groups is 1. The molecule has 0 spiro atoms. The lowest BCUT2D eigenvalue weighted by Crippen LogP contribution is -2.23. The maximum Gasteiger partial charge on any atom is 0.328 e. The molecule has 0 fully saturated rings. The van der Waals surface area contributed by atoms with Crippen LogP contribution in [0.25, 0.3) is 6.08 Å². The van der Waals surface area contributed by atoms with Crippen molar-refractivity contribution in [1.29, 1.82) is 0 Å². The maximum atomic E-state index is 12.0. The van der Waals surface area contributed by atoms with Crippen molar-refractivity contribution in [2.45, 2.75) is 4.90 Å². The van der Waals surface area contributed by atoms with Gasteiger partial charge in [0.15, 0.2) is 0 Å². The molecule has 0 saturated carbocycles. The lowest BCUT2D eigenvalue weighted by atomic mass is 10.2. The SMILES string of the molecule is CN(C)S(=O)(=O)c1c(Cl)cc(C=CC(=O)O)cc1Cl. The molecule has 104 valence electrons. The van der Waals surface area contributed by atoms with E-state index in [4.69, 9.17) is 28.3 Å². The Labute approximate surface area is 121 Å². The van der Waals surface area contributed by atoms with Crippen molar-refractivity contribution < 1.29 is 18.3 Å². The van der Waals surface area contributed by atoms with Gasteiger partial charge in [0.25, 0.3) is 0 Å². The van der Waals surface area contributed by atoms with Crippen LogP contribution in [0.1, 0.15) is 5.56 Å². The van der Waals surface area contributed by atoms with Crippen LogP contribution in [-0.2, 0) is 14.8 Å². The van der Waals surface area contributed by atoms with Crippen LogP contribution in [-0.4, -0.2) is 37.9 Å². The van der Waals surface area contributed by atoms with Gasteiger partial charge in [-0.25, -0.2) is 17.5 Å². The quantitative estimate of drug-likeness (QED) is 0.863. The van der Waals surface area contributed by atoms with Crippen molar-refractivity contribution >= 4 is 45.3 Å². The monoisotopic (exact) mass is 323 g/mol. The van der Waals surface area contributed by atoms with Crippen LogP contribution < -0.4 is 0 Å².